The third-order valence-electron chi connectivity index (χ3n) is 4.04. The van der Waals surface area contributed by atoms with Gasteiger partial charge in [-0.15, -0.1) is 0 Å². The Labute approximate surface area is 124 Å². The molecule has 3 rings (SSSR count). The van der Waals surface area contributed by atoms with Gasteiger partial charge in [-0.2, -0.15) is 5.10 Å². The number of nitrogens with two attached hydrogens (primary N) is 1. The predicted octanol–water partition coefficient (Wildman–Crippen LogP) is 1.76. The summed E-state index contributed by atoms with van der Waals surface area (Å²) in [5.41, 5.74) is 10.6. The van der Waals surface area contributed by atoms with Gasteiger partial charge in [-0.25, -0.2) is 0 Å². The second kappa shape index (κ2) is 5.24. The van der Waals surface area contributed by atoms with E-state index in [2.05, 4.69) is 11.2 Å². The maximum absolute atomic E-state index is 12.7. The molecule has 0 unspecified atom stereocenters. The number of carbonyl (C=O) groups is 1. The first-order valence-electron chi connectivity index (χ1n) is 7.28. The van der Waals surface area contributed by atoms with Crippen molar-refractivity contribution in [2.24, 2.45) is 7.05 Å². The molecule has 2 aromatic rings. The highest BCUT2D eigenvalue weighted by Gasteiger charge is 2.24. The molecule has 5 nitrogen and oxygen atoms in total. The average molecular weight is 284 g/mol. The Bertz CT molecular complexity index is 690. The molecule has 1 aromatic carbocycles. The van der Waals surface area contributed by atoms with Gasteiger partial charge in [-0.3, -0.25) is 9.48 Å². The molecular weight excluding hydrogens is 264 g/mol. The maximum Gasteiger partial charge on any atom is 0.272 e. The van der Waals surface area contributed by atoms with E-state index >= 15 is 0 Å². The number of hydrogen-bond acceptors (Lipinski definition) is 3. The second-order valence-corrected chi connectivity index (χ2v) is 5.50. The molecule has 0 atom stereocenters. The first-order valence-corrected chi connectivity index (χ1v) is 7.28. The van der Waals surface area contributed by atoms with Crippen molar-refractivity contribution in [1.82, 2.24) is 14.7 Å². The lowest BCUT2D eigenvalue weighted by Crippen LogP contribution is -2.36. The summed E-state index contributed by atoms with van der Waals surface area (Å²) < 4.78 is 1.68. The van der Waals surface area contributed by atoms with E-state index in [4.69, 9.17) is 5.73 Å². The Morgan fingerprint density at radius 3 is 2.86 bits per heavy atom. The van der Waals surface area contributed by atoms with E-state index in [9.17, 15) is 4.79 Å². The van der Waals surface area contributed by atoms with E-state index in [1.807, 2.05) is 37.1 Å². The standard InChI is InChI=1S/C16H20N4O/c1-3-14-9-15(19(2)18-14)16(21)20-7-6-11-4-5-13(17)8-12(11)10-20/h4-5,8-9H,3,6-7,10,17H2,1-2H3. The van der Waals surface area contributed by atoms with Gasteiger partial charge in [0, 0.05) is 25.8 Å². The normalized spacial score (nSPS) is 14.1. The molecule has 0 saturated carbocycles. The molecule has 2 N–H and O–H groups in total. The van der Waals surface area contributed by atoms with Crippen molar-refractivity contribution < 1.29 is 4.79 Å². The van der Waals surface area contributed by atoms with E-state index in [1.54, 1.807) is 4.68 Å². The van der Waals surface area contributed by atoms with Gasteiger partial charge in [0.1, 0.15) is 5.69 Å². The first kappa shape index (κ1) is 13.7. The van der Waals surface area contributed by atoms with Gasteiger partial charge in [0.15, 0.2) is 0 Å². The molecule has 0 spiro atoms. The Kier molecular flexibility index (Phi) is 3.41. The van der Waals surface area contributed by atoms with Gasteiger partial charge in [-0.1, -0.05) is 13.0 Å². The van der Waals surface area contributed by atoms with Gasteiger partial charge in [0.25, 0.3) is 5.91 Å². The van der Waals surface area contributed by atoms with Crippen molar-refractivity contribution in [1.29, 1.82) is 0 Å². The Morgan fingerprint density at radius 1 is 1.33 bits per heavy atom. The van der Waals surface area contributed by atoms with Crippen LogP contribution in [-0.2, 0) is 26.4 Å². The largest absolute Gasteiger partial charge is 0.399 e. The number of hydrogen-bond donors (Lipinski definition) is 1. The van der Waals surface area contributed by atoms with E-state index in [0.717, 1.165) is 36.3 Å². The molecule has 1 aliphatic rings. The molecule has 0 radical (unpaired) electrons. The van der Waals surface area contributed by atoms with Gasteiger partial charge >= 0.3 is 0 Å². The number of rotatable bonds is 2. The van der Waals surface area contributed by atoms with Crippen LogP contribution in [-0.4, -0.2) is 27.1 Å². The number of aromatic nitrogens is 2. The second-order valence-electron chi connectivity index (χ2n) is 5.50. The Hall–Kier alpha value is -2.30. The summed E-state index contributed by atoms with van der Waals surface area (Å²) in [6, 6.07) is 7.84. The van der Waals surface area contributed by atoms with Crippen molar-refractivity contribution in [2.75, 3.05) is 12.3 Å². The minimum Gasteiger partial charge on any atom is -0.399 e. The van der Waals surface area contributed by atoms with E-state index in [1.165, 1.54) is 5.56 Å². The molecule has 0 bridgehead atoms. The van der Waals surface area contributed by atoms with Crippen LogP contribution in [0.3, 0.4) is 0 Å². The van der Waals surface area contributed by atoms with E-state index < -0.39 is 0 Å². The number of aryl methyl sites for hydroxylation is 2. The number of fused-ring (bicyclic) bond motifs is 1. The van der Waals surface area contributed by atoms with Gasteiger partial charge in [0.2, 0.25) is 0 Å². The summed E-state index contributed by atoms with van der Waals surface area (Å²) in [6.07, 6.45) is 1.71. The molecule has 1 aromatic heterocycles. The lowest BCUT2D eigenvalue weighted by atomic mass is 9.99. The van der Waals surface area contributed by atoms with Gasteiger partial charge in [-0.05, 0) is 42.2 Å². The quantitative estimate of drug-likeness (QED) is 0.855. The molecule has 5 heteroatoms. The summed E-state index contributed by atoms with van der Waals surface area (Å²) in [7, 11) is 1.82. The van der Waals surface area contributed by atoms with Gasteiger partial charge < -0.3 is 10.6 Å². The zero-order valence-corrected chi connectivity index (χ0v) is 12.5. The number of nitrogens with zero attached hydrogens (tertiary/aromatic N) is 3. The topological polar surface area (TPSA) is 64.2 Å². The van der Waals surface area contributed by atoms with Crippen LogP contribution in [0.4, 0.5) is 5.69 Å². The molecule has 1 amide bonds. The van der Waals surface area contributed by atoms with E-state index in [-0.39, 0.29) is 5.91 Å². The third kappa shape index (κ3) is 2.51. The zero-order valence-electron chi connectivity index (χ0n) is 12.5. The van der Waals surface area contributed by atoms with Crippen LogP contribution in [0.2, 0.25) is 0 Å². The summed E-state index contributed by atoms with van der Waals surface area (Å²) in [5, 5.41) is 4.35. The molecule has 0 saturated heterocycles. The average Bonchev–Trinajstić information content (AvgIpc) is 2.87. The minimum atomic E-state index is 0.0396. The zero-order chi connectivity index (χ0) is 15.0. The van der Waals surface area contributed by atoms with Crippen LogP contribution < -0.4 is 5.73 Å². The SMILES string of the molecule is CCc1cc(C(=O)N2CCc3ccc(N)cc3C2)n(C)n1. The van der Waals surface area contributed by atoms with Crippen molar-refractivity contribution in [2.45, 2.75) is 26.3 Å². The number of nitrogen functional groups attached to an aromatic ring is 1. The highest BCUT2D eigenvalue weighted by Crippen LogP contribution is 2.22. The number of carbonyl (C=O) groups excluding carboxylic acids is 1. The van der Waals surface area contributed by atoms with Crippen molar-refractivity contribution >= 4 is 11.6 Å². The van der Waals surface area contributed by atoms with Gasteiger partial charge in [0.05, 0.1) is 5.69 Å². The van der Waals surface area contributed by atoms with Crippen LogP contribution in [0.1, 0.15) is 34.2 Å². The third-order valence-corrected chi connectivity index (χ3v) is 4.04. The van der Waals surface area contributed by atoms with Crippen LogP contribution in [0.25, 0.3) is 0 Å². The fourth-order valence-electron chi connectivity index (χ4n) is 2.81. The summed E-state index contributed by atoms with van der Waals surface area (Å²) in [4.78, 5) is 14.6. The lowest BCUT2D eigenvalue weighted by molar-refractivity contribution is 0.0723. The Balaban J connectivity index is 1.85. The fraction of sp³-hybridized carbons (Fsp3) is 0.375. The minimum absolute atomic E-state index is 0.0396. The maximum atomic E-state index is 12.7. The first-order chi connectivity index (χ1) is 10.1. The monoisotopic (exact) mass is 284 g/mol. The number of benzene rings is 1. The smallest absolute Gasteiger partial charge is 0.272 e. The molecule has 1 aliphatic heterocycles. The summed E-state index contributed by atoms with van der Waals surface area (Å²) in [6.45, 7) is 3.39. The van der Waals surface area contributed by atoms with Crippen LogP contribution >= 0.6 is 0 Å². The fourth-order valence-corrected chi connectivity index (χ4v) is 2.81. The molecule has 110 valence electrons. The van der Waals surface area contributed by atoms with E-state index in [0.29, 0.717) is 12.2 Å². The predicted molar refractivity (Wildman–Crippen MR) is 81.9 cm³/mol. The lowest BCUT2D eigenvalue weighted by Gasteiger charge is -2.29. The number of amides is 1. The summed E-state index contributed by atoms with van der Waals surface area (Å²) >= 11 is 0. The highest BCUT2D eigenvalue weighted by molar-refractivity contribution is 5.92. The van der Waals surface area contributed by atoms with Crippen molar-refractivity contribution in [3.05, 3.63) is 46.8 Å². The van der Waals surface area contributed by atoms with Crippen molar-refractivity contribution in [3.63, 3.8) is 0 Å². The molecule has 0 aliphatic carbocycles. The molecule has 21 heavy (non-hydrogen) atoms. The summed E-state index contributed by atoms with van der Waals surface area (Å²) in [5.74, 6) is 0.0396. The van der Waals surface area contributed by atoms with Crippen LogP contribution in [0, 0.1) is 0 Å². The molecule has 0 fully saturated rings. The molecule has 2 heterocycles. The molecular formula is C16H20N4O. The van der Waals surface area contributed by atoms with Crippen LogP contribution in [0.5, 0.6) is 0 Å². The number of anilines is 1. The van der Waals surface area contributed by atoms with Crippen LogP contribution in [0.15, 0.2) is 24.3 Å². The van der Waals surface area contributed by atoms with Crippen molar-refractivity contribution in [3.8, 4) is 0 Å². The Morgan fingerprint density at radius 2 is 2.14 bits per heavy atom. The highest BCUT2D eigenvalue weighted by atomic mass is 16.2.